The Labute approximate surface area is 895 Å². The van der Waals surface area contributed by atoms with E-state index < -0.39 is 0 Å². The maximum Gasteiger partial charge on any atom is 0.162 e. The Bertz CT molecular complexity index is 6830. The van der Waals surface area contributed by atoms with Gasteiger partial charge in [-0.2, -0.15) is 0 Å². The molecule has 0 bridgehead atoms. The van der Waals surface area contributed by atoms with Crippen LogP contribution in [-0.2, 0) is 97.4 Å². The first-order valence-electron chi connectivity index (χ1n) is 51.5. The fourth-order valence-electron chi connectivity index (χ4n) is 20.5. The number of ketones is 3. The molecule has 2 atom stereocenters. The van der Waals surface area contributed by atoms with Gasteiger partial charge in [0, 0.05) is 146 Å². The van der Waals surface area contributed by atoms with Gasteiger partial charge in [0.1, 0.15) is 0 Å². The summed E-state index contributed by atoms with van der Waals surface area (Å²) in [6, 6.07) is 92.2. The molecule has 0 aliphatic heterocycles. The van der Waals surface area contributed by atoms with Crippen molar-refractivity contribution in [1.29, 1.82) is 0 Å². The number of benzene rings is 11. The standard InChI is InChI=1S/C33H28N.C31H24N.C30H30N.2C13H24O2.C11H20O2.3Ir/c1-20-9-8-10-23(14-20)26-18-31(24-15-21(2)13-22(3)16-24)34-32-19-30-27(17-28(26)32)25-11-6-7-12-29(25)33(30,4)5;1-20-10-9-13-22(16-20)29-18-24(21-11-5-4-6-12-21)26-17-25-23-14-7-8-15-27(23)31(2,3)28(25)19-30(26)32-29;1-18(2)11-21-15-28(22-13-19(3)12-20(4)14-22)31-29-17-27-25(16-24(21)29)23-9-7-8-10-26(23)30(27,5)6;2*1-5-10(6-2)12(14)9-13(15)11(7-3)8-4;1-5-8(3)10(12)7-11(13)9(4)6-2;;;/h6-15,17-19H,1-5H3;4-12,14-19H,1-3H3;7-10,12-13,15-18H,11H2,1-6H3;2*9-11,14H,5-8H2,1-4H3;7-9,12H,5-6H2,1-4H3;;;/q3*-1;;;;;;. The summed E-state index contributed by atoms with van der Waals surface area (Å²) in [7, 11) is 0. The molecule has 3 aliphatic rings. The molecule has 9 nitrogen and oxygen atoms in total. The van der Waals surface area contributed by atoms with Gasteiger partial charge in [0.05, 0.1) is 33.8 Å². The third kappa shape index (κ3) is 26.7. The van der Waals surface area contributed by atoms with E-state index in [1.54, 1.807) is 0 Å². The summed E-state index contributed by atoms with van der Waals surface area (Å²) < 4.78 is 0. The van der Waals surface area contributed by atoms with Crippen LogP contribution in [0.3, 0.4) is 0 Å². The molecule has 2 unspecified atom stereocenters. The van der Waals surface area contributed by atoms with Crippen LogP contribution in [0.2, 0.25) is 0 Å². The third-order valence-electron chi connectivity index (χ3n) is 29.4. The second-order valence-electron chi connectivity index (χ2n) is 41.2. The Morgan fingerprint density at radius 2 is 0.664 bits per heavy atom. The minimum atomic E-state index is -0.0483. The predicted octanol–water partition coefficient (Wildman–Crippen LogP) is 35.2. The number of rotatable bonds is 26. The topological polar surface area (TPSA) is 151 Å². The average Bonchev–Trinajstić information content (AvgIpc) is 1.57. The average molecular weight is 2440 g/mol. The van der Waals surface area contributed by atoms with Crippen molar-refractivity contribution >= 4 is 50.1 Å². The first-order valence-corrected chi connectivity index (χ1v) is 51.5. The summed E-state index contributed by atoms with van der Waals surface area (Å²) >= 11 is 0. The van der Waals surface area contributed by atoms with E-state index in [0.717, 1.165) is 132 Å². The van der Waals surface area contributed by atoms with E-state index in [-0.39, 0.29) is 147 Å². The molecule has 12 heteroatoms. The summed E-state index contributed by atoms with van der Waals surface area (Å²) in [5, 5.41) is 32.7. The number of carbonyl (C=O) groups excluding carboxylic acids is 3. The number of nitrogens with zero attached hydrogens (tertiary/aromatic N) is 3. The van der Waals surface area contributed by atoms with Crippen molar-refractivity contribution in [1.82, 2.24) is 15.0 Å². The van der Waals surface area contributed by atoms with Crippen molar-refractivity contribution in [2.75, 3.05) is 0 Å². The van der Waals surface area contributed by atoms with Gasteiger partial charge in [0.2, 0.25) is 0 Å². The molecule has 3 heterocycles. The van der Waals surface area contributed by atoms with E-state index in [4.69, 9.17) is 15.0 Å². The molecule has 17 rings (SSSR count). The minimum absolute atomic E-state index is 0. The van der Waals surface area contributed by atoms with Gasteiger partial charge >= 0.3 is 0 Å². The van der Waals surface area contributed by atoms with Crippen LogP contribution in [0.15, 0.2) is 260 Å². The Morgan fingerprint density at radius 3 is 1.05 bits per heavy atom. The number of aliphatic hydroxyl groups excluding tert-OH is 3. The Balaban J connectivity index is 0.000000199. The van der Waals surface area contributed by atoms with Crippen molar-refractivity contribution < 1.29 is 90.0 Å². The van der Waals surface area contributed by atoms with Crippen molar-refractivity contribution in [3.8, 4) is 89.4 Å². The smallest absolute Gasteiger partial charge is 0.162 e. The first-order chi connectivity index (χ1) is 66.8. The number of hydrogen-bond donors (Lipinski definition) is 3. The molecule has 14 aromatic rings. The second-order valence-corrected chi connectivity index (χ2v) is 41.2. The largest absolute Gasteiger partial charge is 0.512 e. The molecule has 0 saturated heterocycles. The van der Waals surface area contributed by atoms with E-state index in [1.807, 2.05) is 89.2 Å². The maximum absolute atomic E-state index is 11.7. The molecule has 3 aromatic heterocycles. The number of fused-ring (bicyclic) bond motifs is 12. The van der Waals surface area contributed by atoms with Crippen LogP contribution in [0.5, 0.6) is 0 Å². The minimum Gasteiger partial charge on any atom is -0.512 e. The number of allylic oxidation sites excluding steroid dienone is 6. The summed E-state index contributed by atoms with van der Waals surface area (Å²) in [5.41, 5.74) is 39.1. The Hall–Kier alpha value is -10.8. The van der Waals surface area contributed by atoms with E-state index in [9.17, 15) is 29.7 Å². The molecule has 0 spiro atoms. The van der Waals surface area contributed by atoms with Gasteiger partial charge < -0.3 is 15.3 Å². The van der Waals surface area contributed by atoms with E-state index in [2.05, 4.69) is 334 Å². The van der Waals surface area contributed by atoms with Gasteiger partial charge in [-0.1, -0.05) is 324 Å². The fraction of sp³-hybridized carbons (Fsp3) is 0.359. The zero-order chi connectivity index (χ0) is 102. The Kier molecular flexibility index (Phi) is 41.6. The summed E-state index contributed by atoms with van der Waals surface area (Å²) in [5.74, 6) is 2.03. The number of hydrogen-bond acceptors (Lipinski definition) is 9. The normalized spacial score (nSPS) is 13.5. The zero-order valence-electron chi connectivity index (χ0n) is 89.3. The van der Waals surface area contributed by atoms with Gasteiger partial charge in [0.15, 0.2) is 17.3 Å². The van der Waals surface area contributed by atoms with Gasteiger partial charge in [0.25, 0.3) is 0 Å². The SMILES string of the molecule is CCC(C)C(=O)C=C(O)C(C)CC.CCC(CC)C(=O)C=C(O)C(CC)CC.CCC(CC)C(=O)C=C(O)C(CC)CC.Cc1[c-]c(-c2cc(-c3cccc(C)c3)c3cc4c(cc3n2)C(C)(C)c2ccccc2-4)cc(C)c1.Cc1[c-]c(-c2cc(CC(C)C)c3cc4c(cc3n2)C(C)(C)c2ccccc2-4)cc(C)c1.Cc1cc[c-]c(-c2cc(-c3ccccc3)c3cc4c(cc3n2)C(C)(C)c2ccccc2-4)c1.[Ir].[Ir].[Ir]. The van der Waals surface area contributed by atoms with Gasteiger partial charge in [-0.3, -0.25) is 29.3 Å². The fourth-order valence-corrected chi connectivity index (χ4v) is 20.5. The van der Waals surface area contributed by atoms with Crippen LogP contribution in [-0.4, -0.2) is 47.6 Å². The molecule has 11 aromatic carbocycles. The van der Waals surface area contributed by atoms with E-state index >= 15 is 0 Å². The van der Waals surface area contributed by atoms with E-state index in [0.29, 0.717) is 5.92 Å². The molecule has 0 amide bonds. The molecule has 3 N–H and O–H groups in total. The quantitative estimate of drug-likeness (QED) is 0.0273. The summed E-state index contributed by atoms with van der Waals surface area (Å²) in [6.45, 7) is 55.2. The van der Waals surface area contributed by atoms with Crippen LogP contribution in [0, 0.1) is 101 Å². The number of carbonyl (C=O) groups is 3. The second kappa shape index (κ2) is 51.3. The number of aliphatic hydroxyl groups is 3. The third-order valence-corrected chi connectivity index (χ3v) is 29.4. The maximum atomic E-state index is 11.7. The van der Waals surface area contributed by atoms with Crippen LogP contribution in [0.4, 0.5) is 0 Å². The number of aromatic nitrogens is 3. The molecule has 0 fully saturated rings. The van der Waals surface area contributed by atoms with Crippen LogP contribution < -0.4 is 0 Å². The van der Waals surface area contributed by atoms with Crippen molar-refractivity contribution in [2.24, 2.45) is 41.4 Å². The molecule has 143 heavy (non-hydrogen) atoms. The summed E-state index contributed by atoms with van der Waals surface area (Å²) in [6.07, 6.45) is 13.9. The van der Waals surface area contributed by atoms with Gasteiger partial charge in [-0.05, 0) is 232 Å². The predicted molar refractivity (Wildman–Crippen MR) is 591 cm³/mol. The molecule has 0 saturated carbocycles. The van der Waals surface area contributed by atoms with Gasteiger partial charge in [-0.25, -0.2) is 0 Å². The van der Waals surface area contributed by atoms with Crippen LogP contribution >= 0.6 is 0 Å². The molecule has 3 aliphatic carbocycles. The van der Waals surface area contributed by atoms with Gasteiger partial charge in [-0.15, -0.1) is 105 Å². The van der Waals surface area contributed by atoms with E-state index in [1.165, 1.54) is 151 Å². The van der Waals surface area contributed by atoms with Crippen LogP contribution in [0.25, 0.3) is 122 Å². The first kappa shape index (κ1) is 116. The molecular weight excluding hydrogens is 2290 g/mol. The number of aryl methyl sites for hydroxylation is 6. The monoisotopic (exact) mass is 2440 g/mol. The summed E-state index contributed by atoms with van der Waals surface area (Å²) in [4.78, 5) is 50.3. The molecular formula is C131H150Ir3N3O6-3. The molecule has 755 valence electrons. The number of pyridine rings is 3. The Morgan fingerprint density at radius 1 is 0.315 bits per heavy atom. The molecule has 3 radical (unpaired) electrons. The van der Waals surface area contributed by atoms with Crippen LogP contribution in [0.1, 0.15) is 275 Å². The van der Waals surface area contributed by atoms with Crippen molar-refractivity contribution in [2.45, 2.75) is 267 Å². The van der Waals surface area contributed by atoms with Crippen molar-refractivity contribution in [3.63, 3.8) is 0 Å². The van der Waals surface area contributed by atoms with Crippen molar-refractivity contribution in [3.05, 3.63) is 350 Å². The zero-order valence-corrected chi connectivity index (χ0v) is 96.5.